The molecule has 1 aromatic carbocycles. The lowest BCUT2D eigenvalue weighted by molar-refractivity contribution is -0.207. The quantitative estimate of drug-likeness (QED) is 0.818. The van der Waals surface area contributed by atoms with Gasteiger partial charge in [-0.25, -0.2) is 9.18 Å². The van der Waals surface area contributed by atoms with E-state index in [9.17, 15) is 22.4 Å². The maximum Gasteiger partial charge on any atom is 0.418 e. The molecule has 0 spiro atoms. The van der Waals surface area contributed by atoms with Crippen LogP contribution in [0.4, 0.5) is 28.0 Å². The third-order valence-electron chi connectivity index (χ3n) is 2.25. The zero-order chi connectivity index (χ0) is 16.4. The minimum Gasteiger partial charge on any atom is -0.444 e. The van der Waals surface area contributed by atoms with E-state index in [1.807, 2.05) is 0 Å². The Balaban J connectivity index is 2.95. The Hall–Kier alpha value is -1.83. The fraction of sp³-hybridized carbons (Fsp3) is 0.462. The minimum atomic E-state index is -5.01. The lowest BCUT2D eigenvalue weighted by atomic mass is 10.1. The number of halogens is 4. The fourth-order valence-electron chi connectivity index (χ4n) is 1.43. The minimum absolute atomic E-state index is 0.121. The zero-order valence-electron chi connectivity index (χ0n) is 11.6. The molecule has 0 bridgehead atoms. The molecule has 0 saturated heterocycles. The van der Waals surface area contributed by atoms with Gasteiger partial charge in [0.25, 0.3) is 0 Å². The molecule has 1 aromatic rings. The van der Waals surface area contributed by atoms with Gasteiger partial charge in [0.1, 0.15) is 11.4 Å². The molecule has 0 aliphatic carbocycles. The summed E-state index contributed by atoms with van der Waals surface area (Å²) in [5.41, 5.74) is -1.89. The van der Waals surface area contributed by atoms with Crippen molar-refractivity contribution in [3.63, 3.8) is 0 Å². The van der Waals surface area contributed by atoms with Gasteiger partial charge in [0.2, 0.25) is 0 Å². The summed E-state index contributed by atoms with van der Waals surface area (Å²) in [6.45, 7) is 4.82. The molecule has 118 valence electrons. The Morgan fingerprint density at radius 3 is 2.33 bits per heavy atom. The van der Waals surface area contributed by atoms with E-state index in [1.165, 1.54) is 0 Å². The molecule has 4 nitrogen and oxygen atoms in total. The smallest absolute Gasteiger partial charge is 0.418 e. The second-order valence-electron chi connectivity index (χ2n) is 5.31. The number of anilines is 1. The predicted molar refractivity (Wildman–Crippen MR) is 67.3 cm³/mol. The highest BCUT2D eigenvalue weighted by molar-refractivity contribution is 5.85. The van der Waals surface area contributed by atoms with Crippen LogP contribution < -0.4 is 5.32 Å². The van der Waals surface area contributed by atoms with E-state index in [2.05, 4.69) is 5.32 Å². The molecule has 8 heteroatoms. The van der Waals surface area contributed by atoms with Gasteiger partial charge in [-0.3, -0.25) is 5.32 Å². The first-order chi connectivity index (χ1) is 9.40. The molecule has 0 saturated carbocycles. The number of hydrogen-bond donors (Lipinski definition) is 2. The first-order valence-corrected chi connectivity index (χ1v) is 5.94. The van der Waals surface area contributed by atoms with Gasteiger partial charge in [-0.15, -0.1) is 0 Å². The molecule has 0 unspecified atom stereocenters. The van der Waals surface area contributed by atoms with Crippen molar-refractivity contribution >= 4 is 11.8 Å². The highest BCUT2D eigenvalue weighted by Crippen LogP contribution is 2.34. The molecule has 0 fully saturated rings. The molecular weight excluding hydrogens is 294 g/mol. The Bertz CT molecular complexity index is 523. The van der Waals surface area contributed by atoms with Crippen LogP contribution in [0.15, 0.2) is 18.2 Å². The first-order valence-electron chi connectivity index (χ1n) is 5.94. The van der Waals surface area contributed by atoms with Crippen LogP contribution in [0.3, 0.4) is 0 Å². The van der Waals surface area contributed by atoms with Gasteiger partial charge in [0.15, 0.2) is 6.10 Å². The van der Waals surface area contributed by atoms with Crippen LogP contribution in [-0.2, 0) is 4.74 Å². The van der Waals surface area contributed by atoms with Crippen LogP contribution in [0.2, 0.25) is 0 Å². The normalized spacial score (nSPS) is 13.7. The monoisotopic (exact) mass is 309 g/mol. The van der Waals surface area contributed by atoms with E-state index < -0.39 is 35.4 Å². The lowest BCUT2D eigenvalue weighted by Crippen LogP contribution is -2.27. The SMILES string of the molecule is CC(C)(C)OC(=O)Nc1ccc(F)c([C@@H](O)C(F)(F)F)c1. The molecule has 0 aliphatic rings. The molecule has 0 radical (unpaired) electrons. The number of carbonyl (C=O) groups is 1. The summed E-state index contributed by atoms with van der Waals surface area (Å²) in [5.74, 6) is -1.23. The number of alkyl halides is 3. The van der Waals surface area contributed by atoms with E-state index in [4.69, 9.17) is 9.84 Å². The summed E-state index contributed by atoms with van der Waals surface area (Å²) >= 11 is 0. The second-order valence-corrected chi connectivity index (χ2v) is 5.31. The third kappa shape index (κ3) is 5.22. The molecule has 21 heavy (non-hydrogen) atoms. The maximum absolute atomic E-state index is 13.4. The van der Waals surface area contributed by atoms with Gasteiger partial charge in [0.05, 0.1) is 0 Å². The number of aliphatic hydroxyl groups excluding tert-OH is 1. The van der Waals surface area contributed by atoms with Crippen molar-refractivity contribution in [2.75, 3.05) is 5.32 Å². The number of carbonyl (C=O) groups excluding carboxylic acids is 1. The van der Waals surface area contributed by atoms with Crippen LogP contribution in [0.25, 0.3) is 0 Å². The summed E-state index contributed by atoms with van der Waals surface area (Å²) in [4.78, 5) is 11.5. The number of amides is 1. The van der Waals surface area contributed by atoms with E-state index in [0.29, 0.717) is 6.07 Å². The largest absolute Gasteiger partial charge is 0.444 e. The number of rotatable bonds is 2. The number of benzene rings is 1. The van der Waals surface area contributed by atoms with Crippen molar-refractivity contribution in [2.45, 2.75) is 38.7 Å². The molecule has 1 atom stereocenters. The van der Waals surface area contributed by atoms with Gasteiger partial charge in [-0.05, 0) is 39.0 Å². The first kappa shape index (κ1) is 17.2. The molecule has 0 heterocycles. The molecule has 0 aliphatic heterocycles. The van der Waals surface area contributed by atoms with Crippen molar-refractivity contribution in [1.82, 2.24) is 0 Å². The average molecular weight is 309 g/mol. The standard InChI is InChI=1S/C13H15F4NO3/c1-12(2,3)21-11(20)18-7-4-5-9(14)8(6-7)10(19)13(15,16)17/h4-6,10,19H,1-3H3,(H,18,20)/t10-/m1/s1. The van der Waals surface area contributed by atoms with E-state index >= 15 is 0 Å². The van der Waals surface area contributed by atoms with Crippen LogP contribution in [0.5, 0.6) is 0 Å². The highest BCUT2D eigenvalue weighted by Gasteiger charge is 2.41. The summed E-state index contributed by atoms with van der Waals surface area (Å²) in [6, 6.07) is 2.49. The van der Waals surface area contributed by atoms with Crippen molar-refractivity contribution in [2.24, 2.45) is 0 Å². The summed E-state index contributed by atoms with van der Waals surface area (Å²) in [5, 5.41) is 11.2. The number of nitrogens with one attached hydrogen (secondary N) is 1. The molecule has 0 aromatic heterocycles. The Morgan fingerprint density at radius 2 is 1.86 bits per heavy atom. The third-order valence-corrected chi connectivity index (χ3v) is 2.25. The molecule has 1 amide bonds. The fourth-order valence-corrected chi connectivity index (χ4v) is 1.43. The van der Waals surface area contributed by atoms with Gasteiger partial charge in [-0.2, -0.15) is 13.2 Å². The van der Waals surface area contributed by atoms with Gasteiger partial charge < -0.3 is 9.84 Å². The average Bonchev–Trinajstić information content (AvgIpc) is 2.27. The Labute approximate surface area is 118 Å². The van der Waals surface area contributed by atoms with E-state index in [1.54, 1.807) is 20.8 Å². The van der Waals surface area contributed by atoms with Crippen molar-refractivity contribution in [3.05, 3.63) is 29.6 Å². The molecular formula is C13H15F4NO3. The number of ether oxygens (including phenoxy) is 1. The zero-order valence-corrected chi connectivity index (χ0v) is 11.6. The van der Waals surface area contributed by atoms with E-state index in [0.717, 1.165) is 12.1 Å². The second kappa shape index (κ2) is 5.88. The van der Waals surface area contributed by atoms with Crippen LogP contribution in [0.1, 0.15) is 32.4 Å². The Kier molecular flexibility index (Phi) is 4.83. The Morgan fingerprint density at radius 1 is 1.29 bits per heavy atom. The van der Waals surface area contributed by atoms with Gasteiger partial charge in [-0.1, -0.05) is 0 Å². The van der Waals surface area contributed by atoms with Crippen LogP contribution >= 0.6 is 0 Å². The van der Waals surface area contributed by atoms with E-state index in [-0.39, 0.29) is 5.69 Å². The highest BCUT2D eigenvalue weighted by atomic mass is 19.4. The number of hydrogen-bond acceptors (Lipinski definition) is 3. The molecule has 2 N–H and O–H groups in total. The van der Waals surface area contributed by atoms with Gasteiger partial charge in [0, 0.05) is 11.3 Å². The molecule has 1 rings (SSSR count). The summed E-state index contributed by atoms with van der Waals surface area (Å²) < 4.78 is 55.5. The summed E-state index contributed by atoms with van der Waals surface area (Å²) in [6.07, 6.45) is -8.88. The summed E-state index contributed by atoms with van der Waals surface area (Å²) in [7, 11) is 0. The van der Waals surface area contributed by atoms with Crippen molar-refractivity contribution in [1.29, 1.82) is 0 Å². The van der Waals surface area contributed by atoms with Crippen molar-refractivity contribution < 1.29 is 32.2 Å². The topological polar surface area (TPSA) is 58.6 Å². The number of aliphatic hydroxyl groups is 1. The van der Waals surface area contributed by atoms with Crippen LogP contribution in [-0.4, -0.2) is 23.0 Å². The predicted octanol–water partition coefficient (Wildman–Crippen LogP) is 3.77. The van der Waals surface area contributed by atoms with Gasteiger partial charge >= 0.3 is 12.3 Å². The van der Waals surface area contributed by atoms with Crippen LogP contribution in [0, 0.1) is 5.82 Å². The lowest BCUT2D eigenvalue weighted by Gasteiger charge is -2.20. The maximum atomic E-state index is 13.4. The van der Waals surface area contributed by atoms with Crippen molar-refractivity contribution in [3.8, 4) is 0 Å².